The van der Waals surface area contributed by atoms with E-state index < -0.39 is 12.0 Å². The van der Waals surface area contributed by atoms with Crippen LogP contribution in [0.5, 0.6) is 0 Å². The number of carbonyl (C=O) groups excluding carboxylic acids is 1. The van der Waals surface area contributed by atoms with Crippen LogP contribution in [0, 0.1) is 0 Å². The van der Waals surface area contributed by atoms with E-state index in [9.17, 15) is 9.59 Å². The van der Waals surface area contributed by atoms with Gasteiger partial charge < -0.3 is 10.4 Å². The summed E-state index contributed by atoms with van der Waals surface area (Å²) in [5.74, 6) is -1.17. The molecule has 0 bridgehead atoms. The fraction of sp³-hybridized carbons (Fsp3) is 0.600. The highest BCUT2D eigenvalue weighted by atomic mass is 16.4. The maximum atomic E-state index is 11.0. The van der Waals surface area contributed by atoms with Crippen LogP contribution in [0.2, 0.25) is 0 Å². The number of nitrogens with one attached hydrogen (secondary N) is 1. The second-order valence-corrected chi connectivity index (χ2v) is 3.44. The Morgan fingerprint density at radius 2 is 2.43 bits per heavy atom. The fourth-order valence-electron chi connectivity index (χ4n) is 1.49. The van der Waals surface area contributed by atoms with Crippen LogP contribution in [-0.4, -0.2) is 23.0 Å². The standard InChI is InChI=1S/C10H15NO3/c1-2-3-4-5-7-6-8(12)11-9(7)10(13)14/h5,9H,2-4,6H2,1H3,(H,11,12)(H,13,14). The molecule has 0 aromatic rings. The molecule has 1 rings (SSSR count). The first-order chi connectivity index (χ1) is 6.65. The molecule has 4 nitrogen and oxygen atoms in total. The fourth-order valence-corrected chi connectivity index (χ4v) is 1.49. The summed E-state index contributed by atoms with van der Waals surface area (Å²) in [4.78, 5) is 21.7. The molecule has 0 saturated carbocycles. The molecule has 2 N–H and O–H groups in total. The second kappa shape index (κ2) is 4.79. The number of aliphatic carboxylic acids is 1. The van der Waals surface area contributed by atoms with Gasteiger partial charge in [0.15, 0.2) is 0 Å². The van der Waals surface area contributed by atoms with E-state index in [-0.39, 0.29) is 12.3 Å². The largest absolute Gasteiger partial charge is 0.479 e. The molecule has 0 aromatic carbocycles. The normalized spacial score (nSPS) is 23.9. The Morgan fingerprint density at radius 1 is 1.71 bits per heavy atom. The molecule has 1 heterocycles. The Balaban J connectivity index is 2.61. The highest BCUT2D eigenvalue weighted by Gasteiger charge is 2.31. The predicted molar refractivity (Wildman–Crippen MR) is 51.8 cm³/mol. The van der Waals surface area contributed by atoms with Crippen LogP contribution in [0.3, 0.4) is 0 Å². The van der Waals surface area contributed by atoms with E-state index >= 15 is 0 Å². The number of hydrogen-bond donors (Lipinski definition) is 2. The lowest BCUT2D eigenvalue weighted by molar-refractivity contribution is -0.139. The number of amides is 1. The van der Waals surface area contributed by atoms with Gasteiger partial charge in [-0.25, -0.2) is 4.79 Å². The first-order valence-electron chi connectivity index (χ1n) is 4.86. The van der Waals surface area contributed by atoms with Gasteiger partial charge >= 0.3 is 5.97 Å². The van der Waals surface area contributed by atoms with E-state index in [1.807, 2.05) is 6.08 Å². The summed E-state index contributed by atoms with van der Waals surface area (Å²) in [6.07, 6.45) is 5.07. The van der Waals surface area contributed by atoms with Gasteiger partial charge in [0.25, 0.3) is 0 Å². The molecule has 0 spiro atoms. The Hall–Kier alpha value is -1.32. The Kier molecular flexibility index (Phi) is 3.68. The average molecular weight is 197 g/mol. The lowest BCUT2D eigenvalue weighted by atomic mass is 10.1. The SMILES string of the molecule is CCCCC=C1CC(=O)NC1C(=O)O. The van der Waals surface area contributed by atoms with Crippen molar-refractivity contribution < 1.29 is 14.7 Å². The van der Waals surface area contributed by atoms with E-state index in [2.05, 4.69) is 12.2 Å². The number of hydrogen-bond acceptors (Lipinski definition) is 2. The number of carbonyl (C=O) groups is 2. The quantitative estimate of drug-likeness (QED) is 0.523. The molecule has 0 aliphatic carbocycles. The Labute approximate surface area is 83.0 Å². The zero-order chi connectivity index (χ0) is 10.6. The van der Waals surface area contributed by atoms with E-state index in [4.69, 9.17) is 5.11 Å². The molecular weight excluding hydrogens is 182 g/mol. The third-order valence-electron chi connectivity index (χ3n) is 2.25. The van der Waals surface area contributed by atoms with Crippen LogP contribution >= 0.6 is 0 Å². The average Bonchev–Trinajstić information content (AvgIpc) is 2.47. The van der Waals surface area contributed by atoms with Gasteiger partial charge in [-0.3, -0.25) is 4.79 Å². The molecule has 1 unspecified atom stereocenters. The molecule has 14 heavy (non-hydrogen) atoms. The number of carboxylic acids is 1. The van der Waals surface area contributed by atoms with E-state index in [0.717, 1.165) is 19.3 Å². The number of rotatable bonds is 4. The van der Waals surface area contributed by atoms with Crippen molar-refractivity contribution in [3.05, 3.63) is 11.6 Å². The first-order valence-corrected chi connectivity index (χ1v) is 4.86. The minimum atomic E-state index is -0.974. The van der Waals surface area contributed by atoms with Gasteiger partial charge in [-0.2, -0.15) is 0 Å². The maximum absolute atomic E-state index is 11.0. The number of carboxylic acid groups (broad SMARTS) is 1. The molecule has 1 amide bonds. The molecule has 0 radical (unpaired) electrons. The maximum Gasteiger partial charge on any atom is 0.330 e. The molecular formula is C10H15NO3. The third-order valence-corrected chi connectivity index (χ3v) is 2.25. The number of allylic oxidation sites excluding steroid dienone is 1. The van der Waals surface area contributed by atoms with Crippen LogP contribution in [-0.2, 0) is 9.59 Å². The van der Waals surface area contributed by atoms with Crippen molar-refractivity contribution >= 4 is 11.9 Å². The Morgan fingerprint density at radius 3 is 3.00 bits per heavy atom. The molecule has 1 fully saturated rings. The summed E-state index contributed by atoms with van der Waals surface area (Å²) in [6, 6.07) is -0.792. The zero-order valence-electron chi connectivity index (χ0n) is 8.25. The van der Waals surface area contributed by atoms with Crippen LogP contribution < -0.4 is 5.32 Å². The van der Waals surface area contributed by atoms with Gasteiger partial charge in [-0.15, -0.1) is 0 Å². The first kappa shape index (κ1) is 10.8. The summed E-state index contributed by atoms with van der Waals surface area (Å²) in [7, 11) is 0. The van der Waals surface area contributed by atoms with Crippen molar-refractivity contribution in [2.24, 2.45) is 0 Å². The second-order valence-electron chi connectivity index (χ2n) is 3.44. The van der Waals surface area contributed by atoms with Gasteiger partial charge in [0, 0.05) is 0 Å². The molecule has 78 valence electrons. The van der Waals surface area contributed by atoms with E-state index in [1.165, 1.54) is 0 Å². The van der Waals surface area contributed by atoms with Gasteiger partial charge in [-0.05, 0) is 12.0 Å². The summed E-state index contributed by atoms with van der Waals surface area (Å²) in [5, 5.41) is 11.2. The molecule has 1 atom stereocenters. The topological polar surface area (TPSA) is 66.4 Å². The number of unbranched alkanes of at least 4 members (excludes halogenated alkanes) is 2. The summed E-state index contributed by atoms with van der Waals surface area (Å²) >= 11 is 0. The summed E-state index contributed by atoms with van der Waals surface area (Å²) in [6.45, 7) is 2.07. The highest BCUT2D eigenvalue weighted by molar-refractivity contribution is 5.92. The molecule has 1 saturated heterocycles. The van der Waals surface area contributed by atoms with Crippen LogP contribution in [0.1, 0.15) is 32.6 Å². The van der Waals surface area contributed by atoms with Crippen molar-refractivity contribution in [2.75, 3.05) is 0 Å². The molecule has 0 aromatic heterocycles. The Bertz CT molecular complexity index is 271. The molecule has 1 aliphatic rings. The minimum Gasteiger partial charge on any atom is -0.479 e. The highest BCUT2D eigenvalue weighted by Crippen LogP contribution is 2.17. The van der Waals surface area contributed by atoms with Crippen molar-refractivity contribution in [1.29, 1.82) is 0 Å². The summed E-state index contributed by atoms with van der Waals surface area (Å²) < 4.78 is 0. The van der Waals surface area contributed by atoms with E-state index in [0.29, 0.717) is 5.57 Å². The van der Waals surface area contributed by atoms with Crippen LogP contribution in [0.4, 0.5) is 0 Å². The van der Waals surface area contributed by atoms with Gasteiger partial charge in [0.1, 0.15) is 6.04 Å². The van der Waals surface area contributed by atoms with Crippen molar-refractivity contribution in [3.8, 4) is 0 Å². The third kappa shape index (κ3) is 2.58. The van der Waals surface area contributed by atoms with Crippen molar-refractivity contribution in [2.45, 2.75) is 38.6 Å². The van der Waals surface area contributed by atoms with Gasteiger partial charge in [-0.1, -0.05) is 25.8 Å². The zero-order valence-corrected chi connectivity index (χ0v) is 8.25. The van der Waals surface area contributed by atoms with Crippen LogP contribution in [0.25, 0.3) is 0 Å². The lowest BCUT2D eigenvalue weighted by Gasteiger charge is -2.05. The van der Waals surface area contributed by atoms with Gasteiger partial charge in [0.05, 0.1) is 6.42 Å². The van der Waals surface area contributed by atoms with E-state index in [1.54, 1.807) is 0 Å². The molecule has 4 heteroatoms. The minimum absolute atomic E-state index is 0.194. The van der Waals surface area contributed by atoms with Gasteiger partial charge in [0.2, 0.25) is 5.91 Å². The predicted octanol–water partition coefficient (Wildman–Crippen LogP) is 1.08. The van der Waals surface area contributed by atoms with Crippen LogP contribution in [0.15, 0.2) is 11.6 Å². The van der Waals surface area contributed by atoms with Crippen molar-refractivity contribution in [1.82, 2.24) is 5.32 Å². The lowest BCUT2D eigenvalue weighted by Crippen LogP contribution is -2.33. The molecule has 1 aliphatic heterocycles. The monoisotopic (exact) mass is 197 g/mol. The van der Waals surface area contributed by atoms with Crippen molar-refractivity contribution in [3.63, 3.8) is 0 Å². The smallest absolute Gasteiger partial charge is 0.330 e. The summed E-state index contributed by atoms with van der Waals surface area (Å²) in [5.41, 5.74) is 0.705.